The molecule has 0 unspecified atom stereocenters. The van der Waals surface area contributed by atoms with Gasteiger partial charge in [-0.25, -0.2) is 4.79 Å². The van der Waals surface area contributed by atoms with Crippen molar-refractivity contribution in [1.29, 1.82) is 5.26 Å². The third kappa shape index (κ3) is 5.05. The van der Waals surface area contributed by atoms with Crippen molar-refractivity contribution in [2.24, 2.45) is 0 Å². The zero-order valence-electron chi connectivity index (χ0n) is 19.4. The average molecular weight is 516 g/mol. The summed E-state index contributed by atoms with van der Waals surface area (Å²) in [7, 11) is 0. The standard InChI is InChI=1S/C25H23Cl2N3O3S/c1-6-33-25(32)22-14(3)16(5)34-24(22)29-23(31)18(12-28)10-17-9-13(2)30(15(17)4)19-7-8-20(26)21(27)11-19/h7-11H,6H2,1-5H3,(H,29,31)/b18-10+. The molecule has 176 valence electrons. The lowest BCUT2D eigenvalue weighted by Gasteiger charge is -2.11. The largest absolute Gasteiger partial charge is 0.462 e. The average Bonchev–Trinajstić information content (AvgIpc) is 3.22. The van der Waals surface area contributed by atoms with E-state index in [4.69, 9.17) is 27.9 Å². The van der Waals surface area contributed by atoms with E-state index in [9.17, 15) is 14.9 Å². The minimum absolute atomic E-state index is 0.0899. The summed E-state index contributed by atoms with van der Waals surface area (Å²) in [5.74, 6) is -1.11. The highest BCUT2D eigenvalue weighted by Gasteiger charge is 2.23. The predicted molar refractivity (Wildman–Crippen MR) is 137 cm³/mol. The Balaban J connectivity index is 1.96. The second kappa shape index (κ2) is 10.5. The Kier molecular flexibility index (Phi) is 7.88. The Morgan fingerprint density at radius 2 is 1.88 bits per heavy atom. The minimum atomic E-state index is -0.603. The van der Waals surface area contributed by atoms with Gasteiger partial charge >= 0.3 is 5.97 Å². The number of carbonyl (C=O) groups is 2. The third-order valence-electron chi connectivity index (χ3n) is 5.39. The summed E-state index contributed by atoms with van der Waals surface area (Å²) in [5.41, 5.74) is 4.21. The number of anilines is 1. The van der Waals surface area contributed by atoms with Gasteiger partial charge in [-0.3, -0.25) is 4.79 Å². The van der Waals surface area contributed by atoms with Gasteiger partial charge in [-0.1, -0.05) is 23.2 Å². The van der Waals surface area contributed by atoms with Gasteiger partial charge in [0.1, 0.15) is 16.6 Å². The molecule has 0 bridgehead atoms. The molecule has 6 nitrogen and oxygen atoms in total. The van der Waals surface area contributed by atoms with Crippen LogP contribution in [-0.2, 0) is 9.53 Å². The summed E-state index contributed by atoms with van der Waals surface area (Å²) in [6.07, 6.45) is 1.53. The molecule has 2 heterocycles. The first kappa shape index (κ1) is 25.6. The quantitative estimate of drug-likeness (QED) is 0.222. The molecule has 0 saturated heterocycles. The fraction of sp³-hybridized carbons (Fsp3) is 0.240. The van der Waals surface area contributed by atoms with E-state index in [0.717, 1.165) is 27.5 Å². The Hall–Kier alpha value is -3.05. The van der Waals surface area contributed by atoms with Crippen molar-refractivity contribution < 1.29 is 14.3 Å². The number of rotatable bonds is 6. The van der Waals surface area contributed by atoms with Gasteiger partial charge in [-0.15, -0.1) is 11.3 Å². The Morgan fingerprint density at radius 3 is 2.50 bits per heavy atom. The molecule has 34 heavy (non-hydrogen) atoms. The Labute approximate surface area is 212 Å². The minimum Gasteiger partial charge on any atom is -0.462 e. The molecule has 3 rings (SSSR count). The van der Waals surface area contributed by atoms with Gasteiger partial charge in [0, 0.05) is 22.0 Å². The number of benzene rings is 1. The van der Waals surface area contributed by atoms with Crippen LogP contribution < -0.4 is 5.32 Å². The molecule has 0 aliphatic rings. The first-order chi connectivity index (χ1) is 16.1. The molecule has 0 fully saturated rings. The van der Waals surface area contributed by atoms with Crippen LogP contribution in [0.2, 0.25) is 10.0 Å². The topological polar surface area (TPSA) is 84.1 Å². The summed E-state index contributed by atoms with van der Waals surface area (Å²) in [4.78, 5) is 26.3. The number of ether oxygens (including phenoxy) is 1. The number of nitrogens with zero attached hydrogens (tertiary/aromatic N) is 2. The molecule has 2 aromatic heterocycles. The van der Waals surface area contributed by atoms with E-state index in [0.29, 0.717) is 26.2 Å². The van der Waals surface area contributed by atoms with Crippen LogP contribution >= 0.6 is 34.5 Å². The van der Waals surface area contributed by atoms with E-state index in [-0.39, 0.29) is 12.2 Å². The van der Waals surface area contributed by atoms with Crippen molar-refractivity contribution in [3.05, 3.63) is 72.8 Å². The summed E-state index contributed by atoms with van der Waals surface area (Å²) < 4.78 is 7.10. The number of hydrogen-bond donors (Lipinski definition) is 1. The fourth-order valence-electron chi connectivity index (χ4n) is 3.59. The van der Waals surface area contributed by atoms with Crippen molar-refractivity contribution in [2.45, 2.75) is 34.6 Å². The van der Waals surface area contributed by atoms with E-state index in [1.807, 2.05) is 43.5 Å². The zero-order chi connectivity index (χ0) is 25.2. The maximum absolute atomic E-state index is 13.0. The molecule has 3 aromatic rings. The number of halogens is 2. The van der Waals surface area contributed by atoms with Crippen LogP contribution in [0, 0.1) is 39.0 Å². The first-order valence-corrected chi connectivity index (χ1v) is 12.0. The van der Waals surface area contributed by atoms with Crippen LogP contribution in [0.5, 0.6) is 0 Å². The smallest absolute Gasteiger partial charge is 0.341 e. The molecule has 1 N–H and O–H groups in total. The Morgan fingerprint density at radius 1 is 1.18 bits per heavy atom. The number of hydrogen-bond acceptors (Lipinski definition) is 5. The SMILES string of the molecule is CCOC(=O)c1c(NC(=O)/C(C#N)=C/c2cc(C)n(-c3ccc(Cl)c(Cl)c3)c2C)sc(C)c1C. The van der Waals surface area contributed by atoms with Crippen LogP contribution in [0.3, 0.4) is 0 Å². The number of nitriles is 1. The van der Waals surface area contributed by atoms with Gasteiger partial charge in [0.2, 0.25) is 0 Å². The molecular formula is C25H23Cl2N3O3S. The first-order valence-electron chi connectivity index (χ1n) is 10.4. The molecule has 0 spiro atoms. The Bertz CT molecular complexity index is 1360. The lowest BCUT2D eigenvalue weighted by molar-refractivity contribution is -0.112. The van der Waals surface area contributed by atoms with Crippen molar-refractivity contribution >= 4 is 57.5 Å². The number of aromatic nitrogens is 1. The van der Waals surface area contributed by atoms with Gasteiger partial charge in [-0.05, 0) is 76.1 Å². The molecule has 0 radical (unpaired) electrons. The molecule has 0 saturated carbocycles. The maximum Gasteiger partial charge on any atom is 0.341 e. The van der Waals surface area contributed by atoms with Gasteiger partial charge in [-0.2, -0.15) is 5.26 Å². The van der Waals surface area contributed by atoms with Crippen molar-refractivity contribution in [3.8, 4) is 11.8 Å². The number of nitrogens with one attached hydrogen (secondary N) is 1. The van der Waals surface area contributed by atoms with Gasteiger partial charge in [0.25, 0.3) is 5.91 Å². The van der Waals surface area contributed by atoms with Crippen LogP contribution in [-0.4, -0.2) is 23.1 Å². The van der Waals surface area contributed by atoms with Crippen molar-refractivity contribution in [1.82, 2.24) is 4.57 Å². The van der Waals surface area contributed by atoms with E-state index >= 15 is 0 Å². The predicted octanol–water partition coefficient (Wildman–Crippen LogP) is 6.80. The molecular weight excluding hydrogens is 493 g/mol. The molecule has 1 amide bonds. The summed E-state index contributed by atoms with van der Waals surface area (Å²) in [6, 6.07) is 9.17. The highest BCUT2D eigenvalue weighted by molar-refractivity contribution is 7.16. The second-order valence-electron chi connectivity index (χ2n) is 7.59. The number of carbonyl (C=O) groups excluding carboxylic acids is 2. The summed E-state index contributed by atoms with van der Waals surface area (Å²) in [5, 5.41) is 13.7. The van der Waals surface area contributed by atoms with E-state index in [1.165, 1.54) is 17.4 Å². The number of aryl methyl sites for hydroxylation is 2. The van der Waals surface area contributed by atoms with Crippen molar-refractivity contribution in [3.63, 3.8) is 0 Å². The van der Waals surface area contributed by atoms with Crippen LogP contribution in [0.4, 0.5) is 5.00 Å². The molecule has 9 heteroatoms. The van der Waals surface area contributed by atoms with Crippen LogP contribution in [0.1, 0.15) is 44.7 Å². The van der Waals surface area contributed by atoms with Gasteiger partial charge < -0.3 is 14.6 Å². The molecule has 0 aliphatic heterocycles. The monoisotopic (exact) mass is 515 g/mol. The zero-order valence-corrected chi connectivity index (χ0v) is 21.7. The fourth-order valence-corrected chi connectivity index (χ4v) is 4.93. The summed E-state index contributed by atoms with van der Waals surface area (Å²) >= 11 is 13.5. The molecule has 0 aliphatic carbocycles. The number of thiophene rings is 1. The van der Waals surface area contributed by atoms with Crippen LogP contribution in [0.15, 0.2) is 29.8 Å². The lowest BCUT2D eigenvalue weighted by atomic mass is 10.1. The summed E-state index contributed by atoms with van der Waals surface area (Å²) in [6.45, 7) is 9.40. The highest BCUT2D eigenvalue weighted by atomic mass is 35.5. The van der Waals surface area contributed by atoms with E-state index in [1.54, 1.807) is 26.0 Å². The number of esters is 1. The molecule has 1 aromatic carbocycles. The third-order valence-corrected chi connectivity index (χ3v) is 7.25. The normalized spacial score (nSPS) is 11.3. The van der Waals surface area contributed by atoms with Gasteiger partial charge in [0.15, 0.2) is 0 Å². The number of amides is 1. The van der Waals surface area contributed by atoms with Gasteiger partial charge in [0.05, 0.1) is 22.2 Å². The maximum atomic E-state index is 13.0. The van der Waals surface area contributed by atoms with Crippen molar-refractivity contribution in [2.75, 3.05) is 11.9 Å². The van der Waals surface area contributed by atoms with E-state index in [2.05, 4.69) is 5.32 Å². The highest BCUT2D eigenvalue weighted by Crippen LogP contribution is 2.34. The van der Waals surface area contributed by atoms with Crippen LogP contribution in [0.25, 0.3) is 11.8 Å². The lowest BCUT2D eigenvalue weighted by Crippen LogP contribution is -2.16. The van der Waals surface area contributed by atoms with E-state index < -0.39 is 11.9 Å². The molecule has 0 atom stereocenters. The second-order valence-corrected chi connectivity index (χ2v) is 9.63.